The van der Waals surface area contributed by atoms with Gasteiger partial charge in [0.05, 0.1) is 21.5 Å². The van der Waals surface area contributed by atoms with E-state index in [1.807, 2.05) is 25.1 Å². The summed E-state index contributed by atoms with van der Waals surface area (Å²) >= 11 is 1.68. The first-order valence-electron chi connectivity index (χ1n) is 12.0. The number of aliphatic hydroxyl groups is 1. The maximum Gasteiger partial charge on any atom is 0.224 e. The van der Waals surface area contributed by atoms with Crippen molar-refractivity contribution in [2.24, 2.45) is 17.8 Å². The van der Waals surface area contributed by atoms with Crippen LogP contribution in [0.1, 0.15) is 38.3 Å². The van der Waals surface area contributed by atoms with Crippen molar-refractivity contribution in [2.45, 2.75) is 45.6 Å². The number of ether oxygens (including phenoxy) is 1. The normalized spacial score (nSPS) is 23.8. The van der Waals surface area contributed by atoms with Gasteiger partial charge in [-0.05, 0) is 62.5 Å². The molecule has 5 rings (SSSR count). The average molecular weight is 468 g/mol. The fourth-order valence-corrected chi connectivity index (χ4v) is 6.14. The van der Waals surface area contributed by atoms with Gasteiger partial charge in [-0.25, -0.2) is 9.97 Å². The molecule has 33 heavy (non-hydrogen) atoms. The van der Waals surface area contributed by atoms with Crippen molar-refractivity contribution in [1.82, 2.24) is 15.0 Å². The Morgan fingerprint density at radius 1 is 1.09 bits per heavy atom. The van der Waals surface area contributed by atoms with Gasteiger partial charge in [0.1, 0.15) is 10.8 Å². The summed E-state index contributed by atoms with van der Waals surface area (Å²) in [5, 5.41) is 17.8. The van der Waals surface area contributed by atoms with Crippen molar-refractivity contribution in [1.29, 1.82) is 0 Å². The number of nitrogens with zero attached hydrogens (tertiary/aromatic N) is 3. The van der Waals surface area contributed by atoms with Gasteiger partial charge < -0.3 is 20.5 Å². The molecule has 3 heterocycles. The van der Waals surface area contributed by atoms with E-state index in [9.17, 15) is 5.11 Å². The van der Waals surface area contributed by atoms with E-state index < -0.39 is 0 Å². The molecule has 0 radical (unpaired) electrons. The van der Waals surface area contributed by atoms with Crippen molar-refractivity contribution in [3.05, 3.63) is 30.0 Å². The molecule has 3 atom stereocenters. The van der Waals surface area contributed by atoms with E-state index in [4.69, 9.17) is 19.7 Å². The summed E-state index contributed by atoms with van der Waals surface area (Å²) in [6.45, 7) is 7.07. The first-order chi connectivity index (χ1) is 16.1. The van der Waals surface area contributed by atoms with Crippen molar-refractivity contribution in [2.75, 3.05) is 37.0 Å². The van der Waals surface area contributed by atoms with Crippen LogP contribution >= 0.6 is 11.3 Å². The molecule has 1 saturated heterocycles. The molecule has 2 aromatic heterocycles. The number of hydrogen-bond acceptors (Lipinski definition) is 8. The molecule has 1 aliphatic carbocycles. The molecule has 1 aromatic carbocycles. The number of hydrogen-bond donors (Lipinski definition) is 3. The molecular formula is C25H33N5O2S. The third kappa shape index (κ3) is 4.98. The number of thiazole rings is 1. The lowest BCUT2D eigenvalue weighted by Crippen LogP contribution is -2.25. The summed E-state index contributed by atoms with van der Waals surface area (Å²) in [5.41, 5.74) is 2.90. The molecule has 3 N–H and O–H groups in total. The van der Waals surface area contributed by atoms with Crippen LogP contribution in [0, 0.1) is 24.7 Å². The Kier molecular flexibility index (Phi) is 6.76. The Morgan fingerprint density at radius 3 is 2.67 bits per heavy atom. The zero-order valence-electron chi connectivity index (χ0n) is 19.4. The highest BCUT2D eigenvalue weighted by Crippen LogP contribution is 2.39. The highest BCUT2D eigenvalue weighted by molar-refractivity contribution is 7.21. The van der Waals surface area contributed by atoms with E-state index in [1.165, 1.54) is 0 Å². The number of aryl methyl sites for hydroxylation is 1. The van der Waals surface area contributed by atoms with Crippen LogP contribution in [-0.4, -0.2) is 52.5 Å². The van der Waals surface area contributed by atoms with Crippen molar-refractivity contribution in [3.63, 3.8) is 0 Å². The average Bonchev–Trinajstić information content (AvgIpc) is 3.41. The first kappa shape index (κ1) is 22.5. The van der Waals surface area contributed by atoms with Crippen LogP contribution in [0.15, 0.2) is 24.3 Å². The topological polar surface area (TPSA) is 92.2 Å². The van der Waals surface area contributed by atoms with Crippen LogP contribution in [0.5, 0.6) is 0 Å². The Labute approximate surface area is 199 Å². The zero-order valence-corrected chi connectivity index (χ0v) is 20.2. The zero-order chi connectivity index (χ0) is 22.8. The summed E-state index contributed by atoms with van der Waals surface area (Å²) in [5.74, 6) is 2.90. The molecule has 0 amide bonds. The van der Waals surface area contributed by atoms with Crippen LogP contribution in [0.25, 0.3) is 20.8 Å². The second-order valence-electron chi connectivity index (χ2n) is 9.53. The Morgan fingerprint density at radius 2 is 1.91 bits per heavy atom. The van der Waals surface area contributed by atoms with Gasteiger partial charge in [-0.2, -0.15) is 4.98 Å². The molecule has 2 fully saturated rings. The van der Waals surface area contributed by atoms with E-state index in [-0.39, 0.29) is 12.6 Å². The van der Waals surface area contributed by atoms with Crippen LogP contribution in [0.4, 0.5) is 11.8 Å². The minimum Gasteiger partial charge on any atom is -0.396 e. The quantitative estimate of drug-likeness (QED) is 0.463. The van der Waals surface area contributed by atoms with Gasteiger partial charge in [-0.3, -0.25) is 0 Å². The lowest BCUT2D eigenvalue weighted by molar-refractivity contribution is 0.0699. The predicted octanol–water partition coefficient (Wildman–Crippen LogP) is 4.72. The van der Waals surface area contributed by atoms with Crippen LogP contribution in [0.2, 0.25) is 0 Å². The summed E-state index contributed by atoms with van der Waals surface area (Å²) in [7, 11) is 0. The van der Waals surface area contributed by atoms with Crippen LogP contribution in [0.3, 0.4) is 0 Å². The van der Waals surface area contributed by atoms with E-state index >= 15 is 0 Å². The summed E-state index contributed by atoms with van der Waals surface area (Å²) in [4.78, 5) is 14.7. The van der Waals surface area contributed by atoms with Crippen molar-refractivity contribution >= 4 is 33.3 Å². The van der Waals surface area contributed by atoms with Crippen LogP contribution in [-0.2, 0) is 4.74 Å². The predicted molar refractivity (Wildman–Crippen MR) is 134 cm³/mol. The third-order valence-electron chi connectivity index (χ3n) is 7.05. The molecule has 8 heteroatoms. The van der Waals surface area contributed by atoms with Gasteiger partial charge >= 0.3 is 0 Å². The minimum atomic E-state index is 0.244. The molecule has 7 nitrogen and oxygen atoms in total. The molecule has 1 aliphatic heterocycles. The van der Waals surface area contributed by atoms with Crippen molar-refractivity contribution in [3.8, 4) is 10.6 Å². The molecule has 3 aromatic rings. The first-order valence-corrected chi connectivity index (χ1v) is 12.9. The Balaban J connectivity index is 1.46. The summed E-state index contributed by atoms with van der Waals surface area (Å²) in [6.07, 6.45) is 4.13. The number of para-hydroxylation sites is 1. The van der Waals surface area contributed by atoms with Gasteiger partial charge in [0, 0.05) is 32.4 Å². The number of anilines is 2. The highest BCUT2D eigenvalue weighted by atomic mass is 32.1. The second kappa shape index (κ2) is 9.91. The molecule has 1 saturated carbocycles. The monoisotopic (exact) mass is 467 g/mol. The molecule has 0 spiro atoms. The fourth-order valence-electron chi connectivity index (χ4n) is 5.08. The Bertz CT molecular complexity index is 1060. The number of nitrogens with one attached hydrogen (secondary N) is 2. The number of aromatic nitrogens is 3. The molecule has 0 unspecified atom stereocenters. The third-order valence-corrected chi connectivity index (χ3v) is 8.10. The number of aliphatic hydroxyl groups excluding tert-OH is 1. The van der Waals surface area contributed by atoms with Gasteiger partial charge in [0.25, 0.3) is 0 Å². The largest absolute Gasteiger partial charge is 0.396 e. The van der Waals surface area contributed by atoms with E-state index in [0.717, 1.165) is 77.7 Å². The van der Waals surface area contributed by atoms with Gasteiger partial charge in [0.15, 0.2) is 0 Å². The van der Waals surface area contributed by atoms with Gasteiger partial charge in [-0.1, -0.05) is 19.1 Å². The van der Waals surface area contributed by atoms with E-state index in [2.05, 4.69) is 23.6 Å². The molecule has 2 aliphatic rings. The van der Waals surface area contributed by atoms with E-state index in [0.29, 0.717) is 23.7 Å². The second-order valence-corrected chi connectivity index (χ2v) is 10.6. The van der Waals surface area contributed by atoms with E-state index in [1.54, 1.807) is 11.3 Å². The number of fused-ring (bicyclic) bond motifs is 1. The SMILES string of the molecule is Cc1nc(NCC2CCOCC2)nc(N[C@@H]2C[C@H](CO)C[C@H]2C)c1-c1nc2ccccc2s1. The lowest BCUT2D eigenvalue weighted by Gasteiger charge is -2.23. The molecule has 176 valence electrons. The van der Waals surface area contributed by atoms with Crippen molar-refractivity contribution < 1.29 is 9.84 Å². The fraction of sp³-hybridized carbons (Fsp3) is 0.560. The Hall–Kier alpha value is -2.29. The standard InChI is InChI=1S/C25H33N5O2S/c1-15-11-18(14-31)12-20(15)28-23-22(24-29-19-5-3-4-6-21(19)33-24)16(2)27-25(30-23)26-13-17-7-9-32-10-8-17/h3-6,15,17-18,20,31H,7-14H2,1-2H3,(H2,26,27,28,30)/t15-,18-,20-/m1/s1. The molecular weight excluding hydrogens is 434 g/mol. The smallest absolute Gasteiger partial charge is 0.224 e. The lowest BCUT2D eigenvalue weighted by atomic mass is 10.0. The summed E-state index contributed by atoms with van der Waals surface area (Å²) in [6, 6.07) is 8.49. The molecule has 0 bridgehead atoms. The maximum absolute atomic E-state index is 9.68. The van der Waals surface area contributed by atoms with Crippen LogP contribution < -0.4 is 10.6 Å². The summed E-state index contributed by atoms with van der Waals surface area (Å²) < 4.78 is 6.65. The number of benzene rings is 1. The van der Waals surface area contributed by atoms with Gasteiger partial charge in [-0.15, -0.1) is 11.3 Å². The maximum atomic E-state index is 9.68. The number of rotatable bonds is 7. The highest BCUT2D eigenvalue weighted by Gasteiger charge is 2.32. The van der Waals surface area contributed by atoms with Gasteiger partial charge in [0.2, 0.25) is 5.95 Å². The minimum absolute atomic E-state index is 0.244.